The first-order valence-corrected chi connectivity index (χ1v) is 11.7. The van der Waals surface area contributed by atoms with Gasteiger partial charge in [-0.15, -0.1) is 0 Å². The Morgan fingerprint density at radius 1 is 1.18 bits per heavy atom. The average Bonchev–Trinajstić information content (AvgIpc) is 3.31. The number of hydrogen-bond acceptors (Lipinski definition) is 7. The van der Waals surface area contributed by atoms with Gasteiger partial charge in [0.05, 0.1) is 24.6 Å². The molecule has 1 aliphatic heterocycles. The summed E-state index contributed by atoms with van der Waals surface area (Å²) in [5.74, 6) is 0.00391. The van der Waals surface area contributed by atoms with Crippen LogP contribution in [0.25, 0.3) is 0 Å². The minimum atomic E-state index is -0.651. The third kappa shape index (κ3) is 5.83. The standard InChI is InChI=1S/C23H30ClFN6O2/c1-31-9-7-15(8-10-31)28-22(32)16-11-20(33-2)19(12-18(16)25)29-23-26-13-17(24)21(30-23)27-14-5-3-4-6-14/h11-15H,3-10H2,1-2H3,(H,28,32)(H2,26,27,29,30). The molecule has 1 saturated heterocycles. The van der Waals surface area contributed by atoms with Gasteiger partial charge < -0.3 is 25.6 Å². The normalized spacial score (nSPS) is 17.7. The molecule has 2 aromatic rings. The van der Waals surface area contributed by atoms with Gasteiger partial charge >= 0.3 is 0 Å². The molecule has 2 fully saturated rings. The molecule has 10 heteroatoms. The summed E-state index contributed by atoms with van der Waals surface area (Å²) in [5.41, 5.74) is 0.261. The Balaban J connectivity index is 1.49. The van der Waals surface area contributed by atoms with E-state index in [9.17, 15) is 9.18 Å². The summed E-state index contributed by atoms with van der Waals surface area (Å²) in [6.45, 7) is 1.80. The third-order valence-corrected chi connectivity index (χ3v) is 6.55. The maximum atomic E-state index is 14.9. The molecule has 3 N–H and O–H groups in total. The molecule has 0 bridgehead atoms. The predicted molar refractivity (Wildman–Crippen MR) is 127 cm³/mol. The van der Waals surface area contributed by atoms with Crippen LogP contribution in [0.1, 0.15) is 48.9 Å². The number of carbonyl (C=O) groups excluding carboxylic acids is 1. The van der Waals surface area contributed by atoms with E-state index in [0.717, 1.165) is 38.8 Å². The molecule has 0 unspecified atom stereocenters. The number of methoxy groups -OCH3 is 1. The largest absolute Gasteiger partial charge is 0.495 e. The lowest BCUT2D eigenvalue weighted by atomic mass is 10.0. The van der Waals surface area contributed by atoms with Crippen molar-refractivity contribution < 1.29 is 13.9 Å². The smallest absolute Gasteiger partial charge is 0.254 e. The van der Waals surface area contributed by atoms with Crippen molar-refractivity contribution in [2.45, 2.75) is 50.6 Å². The molecule has 1 aliphatic carbocycles. The quantitative estimate of drug-likeness (QED) is 0.551. The number of ether oxygens (including phenoxy) is 1. The first-order valence-electron chi connectivity index (χ1n) is 11.4. The molecule has 0 spiro atoms. The van der Waals surface area contributed by atoms with Crippen LogP contribution in [0.3, 0.4) is 0 Å². The van der Waals surface area contributed by atoms with E-state index in [0.29, 0.717) is 28.3 Å². The number of rotatable bonds is 7. The maximum absolute atomic E-state index is 14.9. The van der Waals surface area contributed by atoms with Gasteiger partial charge in [-0.2, -0.15) is 4.98 Å². The van der Waals surface area contributed by atoms with Gasteiger partial charge in [0.1, 0.15) is 16.6 Å². The summed E-state index contributed by atoms with van der Waals surface area (Å²) in [4.78, 5) is 23.6. The van der Waals surface area contributed by atoms with Crippen molar-refractivity contribution in [2.24, 2.45) is 0 Å². The number of benzene rings is 1. The highest BCUT2D eigenvalue weighted by atomic mass is 35.5. The zero-order chi connectivity index (χ0) is 23.4. The lowest BCUT2D eigenvalue weighted by molar-refractivity contribution is 0.0912. The minimum Gasteiger partial charge on any atom is -0.495 e. The van der Waals surface area contributed by atoms with Crippen molar-refractivity contribution in [3.8, 4) is 5.75 Å². The lowest BCUT2D eigenvalue weighted by Gasteiger charge is -2.29. The van der Waals surface area contributed by atoms with Gasteiger partial charge in [-0.25, -0.2) is 9.37 Å². The van der Waals surface area contributed by atoms with Gasteiger partial charge in [0.25, 0.3) is 5.91 Å². The van der Waals surface area contributed by atoms with E-state index in [1.54, 1.807) is 0 Å². The van der Waals surface area contributed by atoms with E-state index in [1.807, 2.05) is 7.05 Å². The monoisotopic (exact) mass is 476 g/mol. The predicted octanol–water partition coefficient (Wildman–Crippen LogP) is 4.20. The second-order valence-corrected chi connectivity index (χ2v) is 9.13. The first-order chi connectivity index (χ1) is 15.9. The van der Waals surface area contributed by atoms with Gasteiger partial charge in [0, 0.05) is 18.2 Å². The fourth-order valence-corrected chi connectivity index (χ4v) is 4.47. The van der Waals surface area contributed by atoms with Crippen LogP contribution in [-0.2, 0) is 0 Å². The molecule has 4 rings (SSSR count). The maximum Gasteiger partial charge on any atom is 0.254 e. The molecule has 1 amide bonds. The fourth-order valence-electron chi connectivity index (χ4n) is 4.32. The topological polar surface area (TPSA) is 91.4 Å². The van der Waals surface area contributed by atoms with E-state index >= 15 is 0 Å². The van der Waals surface area contributed by atoms with Crippen molar-refractivity contribution >= 4 is 35.0 Å². The lowest BCUT2D eigenvalue weighted by Crippen LogP contribution is -2.43. The van der Waals surface area contributed by atoms with Crippen LogP contribution in [0, 0.1) is 5.82 Å². The Morgan fingerprint density at radius 2 is 1.91 bits per heavy atom. The van der Waals surface area contributed by atoms with Crippen LogP contribution < -0.4 is 20.7 Å². The van der Waals surface area contributed by atoms with E-state index < -0.39 is 11.7 Å². The number of carbonyl (C=O) groups is 1. The highest BCUT2D eigenvalue weighted by molar-refractivity contribution is 6.32. The van der Waals surface area contributed by atoms with Gasteiger partial charge in [0.15, 0.2) is 5.82 Å². The number of anilines is 3. The number of aromatic nitrogens is 2. The van der Waals surface area contributed by atoms with Crippen LogP contribution >= 0.6 is 11.6 Å². The van der Waals surface area contributed by atoms with Crippen molar-refractivity contribution in [2.75, 3.05) is 37.9 Å². The van der Waals surface area contributed by atoms with Crippen molar-refractivity contribution in [1.29, 1.82) is 0 Å². The summed E-state index contributed by atoms with van der Waals surface area (Å²) in [6, 6.07) is 2.99. The number of piperidine rings is 1. The number of likely N-dealkylation sites (tertiary alicyclic amines) is 1. The SMILES string of the molecule is COc1cc(C(=O)NC2CCN(C)CC2)c(F)cc1Nc1ncc(Cl)c(NC2CCCC2)n1. The first kappa shape index (κ1) is 23.5. The Bertz CT molecular complexity index is 993. The Kier molecular flexibility index (Phi) is 7.49. The zero-order valence-corrected chi connectivity index (χ0v) is 19.7. The Morgan fingerprint density at radius 3 is 2.61 bits per heavy atom. The van der Waals surface area contributed by atoms with Crippen molar-refractivity contribution in [1.82, 2.24) is 20.2 Å². The summed E-state index contributed by atoms with van der Waals surface area (Å²) in [7, 11) is 3.51. The van der Waals surface area contributed by atoms with Gasteiger partial charge in [0.2, 0.25) is 5.95 Å². The molecule has 0 atom stereocenters. The Hall–Kier alpha value is -2.65. The molecule has 2 heterocycles. The van der Waals surface area contributed by atoms with E-state index in [4.69, 9.17) is 16.3 Å². The van der Waals surface area contributed by atoms with Crippen molar-refractivity contribution in [3.63, 3.8) is 0 Å². The van der Waals surface area contributed by atoms with Gasteiger partial charge in [-0.05, 0) is 51.9 Å². The average molecular weight is 477 g/mol. The van der Waals surface area contributed by atoms with Crippen LogP contribution in [0.2, 0.25) is 5.02 Å². The fraction of sp³-hybridized carbons (Fsp3) is 0.522. The second kappa shape index (κ2) is 10.5. The molecule has 8 nitrogen and oxygen atoms in total. The summed E-state index contributed by atoms with van der Waals surface area (Å²) in [6.07, 6.45) is 7.68. The number of hydrogen-bond donors (Lipinski definition) is 3. The van der Waals surface area contributed by atoms with Gasteiger partial charge in [-0.3, -0.25) is 4.79 Å². The summed E-state index contributed by atoms with van der Waals surface area (Å²) in [5, 5.41) is 9.70. The van der Waals surface area contributed by atoms with E-state index in [-0.39, 0.29) is 17.6 Å². The molecule has 0 radical (unpaired) electrons. The molecule has 1 aromatic carbocycles. The van der Waals surface area contributed by atoms with Crippen molar-refractivity contribution in [3.05, 3.63) is 34.7 Å². The number of nitrogens with one attached hydrogen (secondary N) is 3. The summed E-state index contributed by atoms with van der Waals surface area (Å²) >= 11 is 6.26. The number of amides is 1. The molecule has 33 heavy (non-hydrogen) atoms. The second-order valence-electron chi connectivity index (χ2n) is 8.72. The summed E-state index contributed by atoms with van der Waals surface area (Å²) < 4.78 is 20.3. The third-order valence-electron chi connectivity index (χ3n) is 6.27. The molecular formula is C23H30ClFN6O2. The molecule has 2 aliphatic rings. The highest BCUT2D eigenvalue weighted by Crippen LogP contribution is 2.32. The molecular weight excluding hydrogens is 447 g/mol. The van der Waals surface area contributed by atoms with Crippen LogP contribution in [0.4, 0.5) is 21.8 Å². The van der Waals surface area contributed by atoms with E-state index in [2.05, 4.69) is 30.8 Å². The molecule has 178 valence electrons. The minimum absolute atomic E-state index is 0.0325. The molecule has 1 aromatic heterocycles. The highest BCUT2D eigenvalue weighted by Gasteiger charge is 2.23. The van der Waals surface area contributed by atoms with Gasteiger partial charge in [-0.1, -0.05) is 24.4 Å². The molecule has 1 saturated carbocycles. The Labute approximate surface area is 198 Å². The van der Waals surface area contributed by atoms with Crippen LogP contribution in [-0.4, -0.2) is 60.1 Å². The van der Waals surface area contributed by atoms with E-state index in [1.165, 1.54) is 38.3 Å². The number of nitrogens with zero attached hydrogens (tertiary/aromatic N) is 3. The van der Waals surface area contributed by atoms with Crippen LogP contribution in [0.5, 0.6) is 5.75 Å². The zero-order valence-electron chi connectivity index (χ0n) is 19.0. The van der Waals surface area contributed by atoms with Crippen LogP contribution in [0.15, 0.2) is 18.3 Å². The number of halogens is 2.